The summed E-state index contributed by atoms with van der Waals surface area (Å²) in [5.41, 5.74) is -3.79. The van der Waals surface area contributed by atoms with Crippen molar-refractivity contribution in [2.75, 3.05) is 25.4 Å². The number of sulfonamides is 1. The number of rotatable bonds is 14. The molecule has 0 aromatic heterocycles. The average molecular weight is 486 g/mol. The van der Waals surface area contributed by atoms with E-state index < -0.39 is 53.8 Å². The molecule has 1 heterocycles. The molecule has 0 aliphatic carbocycles. The predicted molar refractivity (Wildman–Crippen MR) is 126 cm³/mol. The second-order valence-corrected chi connectivity index (χ2v) is 8.70. The van der Waals surface area contributed by atoms with Gasteiger partial charge in [0.05, 0.1) is 12.3 Å². The average Bonchev–Trinajstić information content (AvgIpc) is 2.83. The Morgan fingerprint density at radius 2 is 2.03 bits per heavy atom. The number of hydrogen-bond acceptors (Lipinski definition) is 5. The first-order valence-corrected chi connectivity index (χ1v) is 11.5. The molecule has 1 aromatic carbocycles. The Balaban J connectivity index is 0.00000800. The summed E-state index contributed by atoms with van der Waals surface area (Å²) in [5, 5.41) is 12.9. The van der Waals surface area contributed by atoms with Crippen molar-refractivity contribution in [1.29, 1.82) is 0 Å². The molecule has 1 fully saturated rings. The van der Waals surface area contributed by atoms with E-state index in [4.69, 9.17) is 17.1 Å². The van der Waals surface area contributed by atoms with Crippen molar-refractivity contribution in [2.45, 2.75) is 64.2 Å². The Bertz CT molecular complexity index is 1070. The summed E-state index contributed by atoms with van der Waals surface area (Å²) in [6, 6.07) is 4.24. The maximum atomic E-state index is 12.7. The minimum atomic E-state index is -5.55. The molecule has 7 nitrogen and oxygen atoms in total. The zero-order valence-electron chi connectivity index (χ0n) is 26.2. The molecule has 31 heavy (non-hydrogen) atoms. The molecule has 0 radical (unpaired) electrons. The number of ether oxygens (including phenoxy) is 1. The molecule has 1 aromatic rings. The van der Waals surface area contributed by atoms with E-state index in [1.165, 1.54) is 25.0 Å². The number of halogens is 1. The molecule has 1 aliphatic rings. The van der Waals surface area contributed by atoms with Crippen LogP contribution in [0.5, 0.6) is 5.75 Å². The van der Waals surface area contributed by atoms with Crippen LogP contribution in [0.25, 0.3) is 0 Å². The Morgan fingerprint density at radius 1 is 1.32 bits per heavy atom. The lowest BCUT2D eigenvalue weighted by Crippen LogP contribution is -2.43. The highest BCUT2D eigenvalue weighted by Crippen LogP contribution is 2.19. The number of hydrogen-bond donors (Lipinski definition) is 3. The summed E-state index contributed by atoms with van der Waals surface area (Å²) in [7, 11) is -5.55. The SMILES string of the molecule is Cl.[2H]C([2H])([2H])C([2H])([2H])C([2H])([2H])C([2H])([2H])S(=O)(=O)N[C@@H](Cc1ccc(OCCCCC2CCNCC2)cc1)C(=O)O. The molecule has 9 heteroatoms. The molecule has 1 aliphatic heterocycles. The second kappa shape index (κ2) is 14.7. The highest BCUT2D eigenvalue weighted by Gasteiger charge is 2.24. The number of nitrogens with one attached hydrogen (secondary N) is 2. The van der Waals surface area contributed by atoms with E-state index in [0.29, 0.717) is 17.9 Å². The second-order valence-electron chi connectivity index (χ2n) is 7.25. The summed E-state index contributed by atoms with van der Waals surface area (Å²) in [4.78, 5) is 11.8. The molecule has 0 unspecified atom stereocenters. The Kier molecular flexibility index (Phi) is 7.71. The van der Waals surface area contributed by atoms with Gasteiger partial charge in [0.25, 0.3) is 0 Å². The minimum absolute atomic E-state index is 0. The van der Waals surface area contributed by atoms with Gasteiger partial charge in [-0.15, -0.1) is 12.4 Å². The van der Waals surface area contributed by atoms with Gasteiger partial charge in [0, 0.05) is 12.3 Å². The summed E-state index contributed by atoms with van der Waals surface area (Å²) >= 11 is 0. The third-order valence-electron chi connectivity index (χ3n) is 4.94. The van der Waals surface area contributed by atoms with Crippen molar-refractivity contribution < 1.29 is 35.4 Å². The lowest BCUT2D eigenvalue weighted by Gasteiger charge is -2.22. The molecule has 0 amide bonds. The fourth-order valence-corrected chi connectivity index (χ4v) is 4.14. The van der Waals surface area contributed by atoms with Gasteiger partial charge >= 0.3 is 5.97 Å². The standard InChI is InChI=1S/C22H36N2O5S.ClH/c1-2-3-16-30(27,28)24-21(22(25)26)17-19-7-9-20(10-8-19)29-15-5-4-6-18-11-13-23-14-12-18;/h7-10,18,21,23-24H,2-6,11-17H2,1H3,(H,25,26);1H/t21-;/m0./s1/i1D3,2D2,3D2,16D2;. The number of unbranched alkanes of at least 4 members (excludes halogenated alkanes) is 1. The van der Waals surface area contributed by atoms with Crippen LogP contribution in [0.4, 0.5) is 0 Å². The van der Waals surface area contributed by atoms with Crippen molar-refractivity contribution in [3.63, 3.8) is 0 Å². The topological polar surface area (TPSA) is 105 Å². The van der Waals surface area contributed by atoms with Crippen LogP contribution in [0.1, 0.15) is 69.6 Å². The van der Waals surface area contributed by atoms with Crippen LogP contribution < -0.4 is 14.8 Å². The molecule has 0 bridgehead atoms. The van der Waals surface area contributed by atoms with E-state index in [2.05, 4.69) is 5.32 Å². The van der Waals surface area contributed by atoms with E-state index in [1.807, 2.05) is 0 Å². The van der Waals surface area contributed by atoms with Gasteiger partial charge in [0.1, 0.15) is 11.8 Å². The molecule has 178 valence electrons. The molecule has 3 N–H and O–H groups in total. The van der Waals surface area contributed by atoms with Crippen LogP contribution in [-0.4, -0.2) is 50.9 Å². The molecule has 1 saturated heterocycles. The first kappa shape index (κ1) is 16.3. The fraction of sp³-hybridized carbons (Fsp3) is 0.682. The van der Waals surface area contributed by atoms with Crippen LogP contribution >= 0.6 is 12.4 Å². The van der Waals surface area contributed by atoms with Gasteiger partial charge in [-0.2, -0.15) is 0 Å². The molecule has 1 atom stereocenters. The van der Waals surface area contributed by atoms with Crippen LogP contribution in [0.2, 0.25) is 0 Å². The van der Waals surface area contributed by atoms with E-state index in [-0.39, 0.29) is 12.4 Å². The molecule has 0 saturated carbocycles. The highest BCUT2D eigenvalue weighted by atomic mass is 35.5. The highest BCUT2D eigenvalue weighted by molar-refractivity contribution is 7.89. The summed E-state index contributed by atoms with van der Waals surface area (Å²) in [6.07, 6.45) is -3.00. The van der Waals surface area contributed by atoms with Gasteiger partial charge in [-0.3, -0.25) is 4.79 Å². The normalized spacial score (nSPS) is 21.9. The minimum Gasteiger partial charge on any atom is -0.494 e. The molecule has 2 rings (SSSR count). The smallest absolute Gasteiger partial charge is 0.322 e. The summed E-state index contributed by atoms with van der Waals surface area (Å²) in [6.45, 7) is -1.09. The van der Waals surface area contributed by atoms with Gasteiger partial charge in [-0.25, -0.2) is 13.1 Å². The number of carboxylic acid groups (broad SMARTS) is 1. The van der Waals surface area contributed by atoms with Gasteiger partial charge in [-0.05, 0) is 75.2 Å². The lowest BCUT2D eigenvalue weighted by atomic mass is 9.93. The van der Waals surface area contributed by atoms with Crippen molar-refractivity contribution in [3.8, 4) is 5.75 Å². The van der Waals surface area contributed by atoms with Crippen molar-refractivity contribution in [3.05, 3.63) is 29.8 Å². The van der Waals surface area contributed by atoms with Crippen molar-refractivity contribution in [1.82, 2.24) is 10.0 Å². The van der Waals surface area contributed by atoms with E-state index >= 15 is 0 Å². The maximum absolute atomic E-state index is 12.7. The largest absolute Gasteiger partial charge is 0.494 e. The lowest BCUT2D eigenvalue weighted by molar-refractivity contribution is -0.138. The third kappa shape index (κ3) is 11.2. The third-order valence-corrected chi connectivity index (χ3v) is 5.91. The zero-order chi connectivity index (χ0) is 29.7. The van der Waals surface area contributed by atoms with Crippen LogP contribution in [0, 0.1) is 5.92 Å². The molecular weight excluding hydrogens is 440 g/mol. The number of benzene rings is 1. The summed E-state index contributed by atoms with van der Waals surface area (Å²) < 4.78 is 101. The molecular formula is C22H37ClN2O5S. The van der Waals surface area contributed by atoms with Gasteiger partial charge < -0.3 is 15.2 Å². The van der Waals surface area contributed by atoms with Crippen molar-refractivity contribution in [2.24, 2.45) is 5.92 Å². The summed E-state index contributed by atoms with van der Waals surface area (Å²) in [5.74, 6) is -0.422. The first-order chi connectivity index (χ1) is 17.8. The number of piperidine rings is 1. The Hall–Kier alpha value is -1.35. The Labute approximate surface area is 205 Å². The van der Waals surface area contributed by atoms with E-state index in [0.717, 1.165) is 38.3 Å². The van der Waals surface area contributed by atoms with Gasteiger partial charge in [-0.1, -0.05) is 31.8 Å². The van der Waals surface area contributed by atoms with E-state index in [9.17, 15) is 18.3 Å². The quantitative estimate of drug-likeness (QED) is 0.349. The fourth-order valence-electron chi connectivity index (χ4n) is 3.34. The zero-order valence-corrected chi connectivity index (χ0v) is 18.9. The van der Waals surface area contributed by atoms with Crippen LogP contribution in [-0.2, 0) is 21.2 Å². The molecule has 0 spiro atoms. The van der Waals surface area contributed by atoms with Crippen molar-refractivity contribution >= 4 is 28.4 Å². The number of carboxylic acids is 1. The number of aliphatic carboxylic acids is 1. The Morgan fingerprint density at radius 3 is 2.68 bits per heavy atom. The first-order valence-electron chi connectivity index (χ1n) is 14.5. The monoisotopic (exact) mass is 485 g/mol. The maximum Gasteiger partial charge on any atom is 0.322 e. The van der Waals surface area contributed by atoms with Crippen LogP contribution in [0.3, 0.4) is 0 Å². The van der Waals surface area contributed by atoms with Gasteiger partial charge in [0.2, 0.25) is 10.0 Å². The number of carbonyl (C=O) groups is 1. The predicted octanol–water partition coefficient (Wildman–Crippen LogP) is 3.37. The van der Waals surface area contributed by atoms with Crippen LogP contribution in [0.15, 0.2) is 24.3 Å². The van der Waals surface area contributed by atoms with Gasteiger partial charge in [0.15, 0.2) is 0 Å². The van der Waals surface area contributed by atoms with E-state index in [1.54, 1.807) is 16.9 Å².